The highest BCUT2D eigenvalue weighted by Gasteiger charge is 2.25. The van der Waals surface area contributed by atoms with Gasteiger partial charge < -0.3 is 15.4 Å². The number of nitrogens with zero attached hydrogens (tertiary/aromatic N) is 2. The number of rotatable bonds is 5. The highest BCUT2D eigenvalue weighted by atomic mass is 16.6. The summed E-state index contributed by atoms with van der Waals surface area (Å²) in [7, 11) is 0. The number of aromatic nitrogens is 2. The van der Waals surface area contributed by atoms with Gasteiger partial charge in [-0.25, -0.2) is 9.78 Å². The third-order valence-corrected chi connectivity index (χ3v) is 2.30. The number of hydrogen-bond donors (Lipinski definition) is 2. The molecule has 108 valence electrons. The SMILES string of the molecule is C=C(C)OC(=O)N[C@H](C(=O)Nc1cnccn1)C(C)C. The topological polar surface area (TPSA) is 93.2 Å². The zero-order valence-corrected chi connectivity index (χ0v) is 11.7. The summed E-state index contributed by atoms with van der Waals surface area (Å²) in [6, 6.07) is -0.746. The highest BCUT2D eigenvalue weighted by molar-refractivity contribution is 5.95. The summed E-state index contributed by atoms with van der Waals surface area (Å²) in [4.78, 5) is 31.4. The molecule has 1 atom stereocenters. The number of nitrogens with one attached hydrogen (secondary N) is 2. The van der Waals surface area contributed by atoms with E-state index in [0.717, 1.165) is 0 Å². The molecule has 0 radical (unpaired) electrons. The molecule has 0 saturated carbocycles. The van der Waals surface area contributed by atoms with Crippen LogP contribution in [0.3, 0.4) is 0 Å². The maximum absolute atomic E-state index is 12.1. The van der Waals surface area contributed by atoms with Gasteiger partial charge in [-0.05, 0) is 12.8 Å². The largest absolute Gasteiger partial charge is 0.416 e. The minimum atomic E-state index is -0.746. The Hall–Kier alpha value is -2.44. The molecule has 0 aliphatic carbocycles. The molecule has 0 aromatic carbocycles. The van der Waals surface area contributed by atoms with E-state index in [4.69, 9.17) is 4.74 Å². The first-order valence-electron chi connectivity index (χ1n) is 6.11. The minimum Gasteiger partial charge on any atom is -0.416 e. The molecule has 7 nitrogen and oxygen atoms in total. The third kappa shape index (κ3) is 5.05. The molecule has 1 rings (SSSR count). The molecule has 1 aromatic heterocycles. The van der Waals surface area contributed by atoms with Gasteiger partial charge in [-0.1, -0.05) is 20.4 Å². The van der Waals surface area contributed by atoms with Crippen molar-refractivity contribution in [3.8, 4) is 0 Å². The maximum atomic E-state index is 12.1. The molecule has 0 spiro atoms. The van der Waals surface area contributed by atoms with Crippen LogP contribution in [-0.4, -0.2) is 28.0 Å². The Morgan fingerprint density at radius 1 is 1.35 bits per heavy atom. The number of alkyl carbamates (subject to hydrolysis) is 1. The lowest BCUT2D eigenvalue weighted by Crippen LogP contribution is -2.47. The third-order valence-electron chi connectivity index (χ3n) is 2.30. The average Bonchev–Trinajstić information content (AvgIpc) is 2.35. The molecule has 20 heavy (non-hydrogen) atoms. The molecule has 7 heteroatoms. The minimum absolute atomic E-state index is 0.121. The van der Waals surface area contributed by atoms with Gasteiger partial charge in [0.05, 0.1) is 12.0 Å². The Labute approximate surface area is 117 Å². The number of carbonyl (C=O) groups excluding carboxylic acids is 2. The number of anilines is 1. The van der Waals surface area contributed by atoms with E-state index in [1.165, 1.54) is 18.6 Å². The number of carbonyl (C=O) groups is 2. The lowest BCUT2D eigenvalue weighted by Gasteiger charge is -2.20. The summed E-state index contributed by atoms with van der Waals surface area (Å²) in [5.74, 6) is 0.0565. The summed E-state index contributed by atoms with van der Waals surface area (Å²) in [6.45, 7) is 8.62. The zero-order valence-electron chi connectivity index (χ0n) is 11.7. The van der Waals surface area contributed by atoms with Crippen LogP contribution in [0.1, 0.15) is 20.8 Å². The molecule has 0 bridgehead atoms. The summed E-state index contributed by atoms with van der Waals surface area (Å²) < 4.78 is 4.78. The first-order chi connectivity index (χ1) is 9.40. The van der Waals surface area contributed by atoms with E-state index >= 15 is 0 Å². The smallest absolute Gasteiger partial charge is 0.412 e. The van der Waals surface area contributed by atoms with E-state index in [2.05, 4.69) is 27.2 Å². The van der Waals surface area contributed by atoms with E-state index in [-0.39, 0.29) is 17.6 Å². The van der Waals surface area contributed by atoms with E-state index in [1.807, 2.05) is 13.8 Å². The summed E-state index contributed by atoms with van der Waals surface area (Å²) in [6.07, 6.45) is 3.66. The molecule has 0 fully saturated rings. The van der Waals surface area contributed by atoms with Crippen LogP contribution in [0.4, 0.5) is 10.6 Å². The van der Waals surface area contributed by atoms with Gasteiger partial charge in [-0.3, -0.25) is 9.78 Å². The highest BCUT2D eigenvalue weighted by Crippen LogP contribution is 2.07. The van der Waals surface area contributed by atoms with Crippen molar-refractivity contribution in [2.75, 3.05) is 5.32 Å². The van der Waals surface area contributed by atoms with Gasteiger partial charge in [-0.15, -0.1) is 0 Å². The fourth-order valence-corrected chi connectivity index (χ4v) is 1.42. The van der Waals surface area contributed by atoms with Crippen LogP contribution in [0.2, 0.25) is 0 Å². The average molecular weight is 278 g/mol. The van der Waals surface area contributed by atoms with Gasteiger partial charge in [-0.2, -0.15) is 0 Å². The van der Waals surface area contributed by atoms with Crippen LogP contribution in [-0.2, 0) is 9.53 Å². The van der Waals surface area contributed by atoms with E-state index in [0.29, 0.717) is 5.82 Å². The Balaban J connectivity index is 2.68. The first-order valence-corrected chi connectivity index (χ1v) is 6.11. The summed E-state index contributed by atoms with van der Waals surface area (Å²) in [5.41, 5.74) is 0. The molecule has 0 saturated heterocycles. The number of allylic oxidation sites excluding steroid dienone is 1. The Morgan fingerprint density at radius 2 is 2.05 bits per heavy atom. The molecule has 0 unspecified atom stereocenters. The van der Waals surface area contributed by atoms with Gasteiger partial charge in [0, 0.05) is 12.4 Å². The van der Waals surface area contributed by atoms with Crippen molar-refractivity contribution in [2.45, 2.75) is 26.8 Å². The second kappa shape index (κ2) is 7.22. The molecule has 1 heterocycles. The summed E-state index contributed by atoms with van der Waals surface area (Å²) >= 11 is 0. The van der Waals surface area contributed by atoms with Crippen molar-refractivity contribution < 1.29 is 14.3 Å². The molecular weight excluding hydrogens is 260 g/mol. The number of amides is 2. The maximum Gasteiger partial charge on any atom is 0.412 e. The van der Waals surface area contributed by atoms with Gasteiger partial charge in [0.2, 0.25) is 5.91 Å². The summed E-state index contributed by atoms with van der Waals surface area (Å²) in [5, 5.41) is 5.06. The second-order valence-corrected chi connectivity index (χ2v) is 4.54. The van der Waals surface area contributed by atoms with Crippen molar-refractivity contribution in [1.82, 2.24) is 15.3 Å². The number of hydrogen-bond acceptors (Lipinski definition) is 5. The van der Waals surface area contributed by atoms with Crippen LogP contribution in [0.25, 0.3) is 0 Å². The standard InChI is InChI=1S/C13H18N4O3/c1-8(2)11(17-13(19)20-9(3)4)12(18)16-10-7-14-5-6-15-10/h5-8,11H,3H2,1-2,4H3,(H,17,19)(H,15,16,18)/t11-/m0/s1. The van der Waals surface area contributed by atoms with Crippen LogP contribution in [0.5, 0.6) is 0 Å². The van der Waals surface area contributed by atoms with E-state index in [1.54, 1.807) is 6.92 Å². The van der Waals surface area contributed by atoms with E-state index in [9.17, 15) is 9.59 Å². The van der Waals surface area contributed by atoms with Crippen molar-refractivity contribution in [3.05, 3.63) is 30.9 Å². The van der Waals surface area contributed by atoms with Gasteiger partial charge in [0.25, 0.3) is 0 Å². The van der Waals surface area contributed by atoms with Gasteiger partial charge >= 0.3 is 6.09 Å². The Morgan fingerprint density at radius 3 is 2.55 bits per heavy atom. The van der Waals surface area contributed by atoms with Crippen LogP contribution < -0.4 is 10.6 Å². The molecular formula is C13H18N4O3. The molecule has 1 aromatic rings. The van der Waals surface area contributed by atoms with Crippen molar-refractivity contribution in [2.24, 2.45) is 5.92 Å². The van der Waals surface area contributed by atoms with Crippen LogP contribution in [0, 0.1) is 5.92 Å². The fourth-order valence-electron chi connectivity index (χ4n) is 1.42. The Bertz CT molecular complexity index is 488. The van der Waals surface area contributed by atoms with E-state index < -0.39 is 12.1 Å². The molecule has 0 aliphatic heterocycles. The van der Waals surface area contributed by atoms with Crippen molar-refractivity contribution in [3.63, 3.8) is 0 Å². The Kier molecular flexibility index (Phi) is 5.64. The lowest BCUT2D eigenvalue weighted by molar-refractivity contribution is -0.119. The van der Waals surface area contributed by atoms with Gasteiger partial charge in [0.1, 0.15) is 6.04 Å². The molecule has 2 amide bonds. The second-order valence-electron chi connectivity index (χ2n) is 4.54. The lowest BCUT2D eigenvalue weighted by atomic mass is 10.0. The zero-order chi connectivity index (χ0) is 15.1. The molecule has 2 N–H and O–H groups in total. The molecule has 0 aliphatic rings. The van der Waals surface area contributed by atoms with Crippen LogP contribution in [0.15, 0.2) is 30.9 Å². The monoisotopic (exact) mass is 278 g/mol. The fraction of sp³-hybridized carbons (Fsp3) is 0.385. The van der Waals surface area contributed by atoms with Gasteiger partial charge in [0.15, 0.2) is 5.82 Å². The predicted octanol–water partition coefficient (Wildman–Crippen LogP) is 1.70. The van der Waals surface area contributed by atoms with Crippen LogP contribution >= 0.6 is 0 Å². The first kappa shape index (κ1) is 15.6. The quantitative estimate of drug-likeness (QED) is 0.800. The normalized spacial score (nSPS) is 11.6. The van der Waals surface area contributed by atoms with Crippen molar-refractivity contribution in [1.29, 1.82) is 0 Å². The number of ether oxygens (including phenoxy) is 1. The van der Waals surface area contributed by atoms with Crippen molar-refractivity contribution >= 4 is 17.8 Å². The predicted molar refractivity (Wildman–Crippen MR) is 73.7 cm³/mol.